The van der Waals surface area contributed by atoms with E-state index in [4.69, 9.17) is 0 Å². The van der Waals surface area contributed by atoms with Crippen LogP contribution in [0, 0.1) is 5.41 Å². The van der Waals surface area contributed by atoms with Gasteiger partial charge >= 0.3 is 0 Å². The van der Waals surface area contributed by atoms with Crippen molar-refractivity contribution in [1.29, 1.82) is 0 Å². The molecule has 2 aromatic carbocycles. The summed E-state index contributed by atoms with van der Waals surface area (Å²) >= 11 is 0. The Morgan fingerprint density at radius 2 is 1.62 bits per heavy atom. The van der Waals surface area contributed by atoms with Crippen LogP contribution in [0.5, 0.6) is 0 Å². The molecule has 3 heteroatoms. The minimum absolute atomic E-state index is 0.0867. The molecule has 4 rings (SSSR count). The summed E-state index contributed by atoms with van der Waals surface area (Å²) in [5, 5.41) is 3.36. The minimum atomic E-state index is 0.0867. The van der Waals surface area contributed by atoms with Gasteiger partial charge in [-0.2, -0.15) is 0 Å². The maximum atomic E-state index is 12.6. The predicted octanol–water partition coefficient (Wildman–Crippen LogP) is 4.25. The summed E-state index contributed by atoms with van der Waals surface area (Å²) in [7, 11) is 0. The van der Waals surface area contributed by atoms with Crippen LogP contribution in [0.15, 0.2) is 60.7 Å². The summed E-state index contributed by atoms with van der Waals surface area (Å²) in [6.45, 7) is 3.30. The summed E-state index contributed by atoms with van der Waals surface area (Å²) in [5.41, 5.74) is 2.47. The number of hydrogen-bond donors (Lipinski definition) is 1. The molecule has 1 saturated carbocycles. The maximum absolute atomic E-state index is 12.6. The molecule has 0 bridgehead atoms. The Hall–Kier alpha value is -2.13. The van der Waals surface area contributed by atoms with E-state index >= 15 is 0 Å². The summed E-state index contributed by atoms with van der Waals surface area (Å²) in [6.07, 6.45) is 6.00. The molecule has 1 aliphatic carbocycles. The van der Waals surface area contributed by atoms with E-state index < -0.39 is 0 Å². The highest BCUT2D eigenvalue weighted by Gasteiger charge is 2.45. The van der Waals surface area contributed by atoms with Crippen molar-refractivity contribution < 1.29 is 4.79 Å². The third-order valence-electron chi connectivity index (χ3n) is 6.35. The first kappa shape index (κ1) is 17.3. The van der Waals surface area contributed by atoms with Crippen molar-refractivity contribution in [2.24, 2.45) is 5.41 Å². The highest BCUT2D eigenvalue weighted by molar-refractivity contribution is 5.94. The largest absolute Gasteiger partial charge is 0.349 e. The smallest absolute Gasteiger partial charge is 0.251 e. The summed E-state index contributed by atoms with van der Waals surface area (Å²) in [4.78, 5) is 15.2. The van der Waals surface area contributed by atoms with Crippen LogP contribution in [0.25, 0.3) is 0 Å². The highest BCUT2D eigenvalue weighted by atomic mass is 16.1. The lowest BCUT2D eigenvalue weighted by molar-refractivity contribution is 0.0685. The SMILES string of the molecule is O=C(NC1CCCC12CCN(Cc1ccccc1)CC2)c1ccccc1. The van der Waals surface area contributed by atoms with Crippen molar-refractivity contribution in [2.75, 3.05) is 13.1 Å². The van der Waals surface area contributed by atoms with Crippen molar-refractivity contribution in [3.05, 3.63) is 71.8 Å². The van der Waals surface area contributed by atoms with Gasteiger partial charge in [0.1, 0.15) is 0 Å². The number of hydrogen-bond acceptors (Lipinski definition) is 2. The van der Waals surface area contributed by atoms with Gasteiger partial charge in [0.15, 0.2) is 0 Å². The second-order valence-electron chi connectivity index (χ2n) is 7.91. The Morgan fingerprint density at radius 3 is 2.31 bits per heavy atom. The lowest BCUT2D eigenvalue weighted by atomic mass is 9.74. The van der Waals surface area contributed by atoms with Crippen LogP contribution < -0.4 is 5.32 Å². The lowest BCUT2D eigenvalue weighted by Gasteiger charge is -2.43. The number of benzene rings is 2. The van der Waals surface area contributed by atoms with Gasteiger partial charge in [-0.15, -0.1) is 0 Å². The van der Waals surface area contributed by atoms with Crippen LogP contribution in [-0.2, 0) is 6.54 Å². The molecular weight excluding hydrogens is 320 g/mol. The van der Waals surface area contributed by atoms with E-state index in [9.17, 15) is 4.79 Å². The summed E-state index contributed by atoms with van der Waals surface area (Å²) in [6, 6.07) is 20.7. The molecule has 0 radical (unpaired) electrons. The van der Waals surface area contributed by atoms with Gasteiger partial charge in [-0.25, -0.2) is 0 Å². The third-order valence-corrected chi connectivity index (χ3v) is 6.35. The molecule has 1 atom stereocenters. The van der Waals surface area contributed by atoms with Gasteiger partial charge in [0.05, 0.1) is 0 Å². The quantitative estimate of drug-likeness (QED) is 0.896. The van der Waals surface area contributed by atoms with E-state index in [-0.39, 0.29) is 5.91 Å². The normalized spacial score (nSPS) is 22.4. The summed E-state index contributed by atoms with van der Waals surface area (Å²) < 4.78 is 0. The van der Waals surface area contributed by atoms with Crippen molar-refractivity contribution >= 4 is 5.91 Å². The number of carbonyl (C=O) groups is 1. The third kappa shape index (κ3) is 3.68. The number of piperidine rings is 1. The van der Waals surface area contributed by atoms with Gasteiger partial charge in [-0.1, -0.05) is 55.0 Å². The molecule has 1 N–H and O–H groups in total. The van der Waals surface area contributed by atoms with Gasteiger partial charge in [0.25, 0.3) is 5.91 Å². The fourth-order valence-corrected chi connectivity index (χ4v) is 4.79. The zero-order valence-corrected chi connectivity index (χ0v) is 15.4. The average Bonchev–Trinajstić information content (AvgIpc) is 3.07. The summed E-state index contributed by atoms with van der Waals surface area (Å²) in [5.74, 6) is 0.0867. The van der Waals surface area contributed by atoms with Gasteiger partial charge in [-0.3, -0.25) is 9.69 Å². The Balaban J connectivity index is 1.37. The molecular formula is C23H28N2O. The van der Waals surface area contributed by atoms with Gasteiger partial charge in [0.2, 0.25) is 0 Å². The number of nitrogens with zero attached hydrogens (tertiary/aromatic N) is 1. The van der Waals surface area contributed by atoms with Crippen LogP contribution in [0.4, 0.5) is 0 Å². The number of nitrogens with one attached hydrogen (secondary N) is 1. The molecule has 1 spiro atoms. The standard InChI is InChI=1S/C23H28N2O/c26-22(20-10-5-2-6-11-20)24-21-12-7-13-23(21)14-16-25(17-15-23)18-19-8-3-1-4-9-19/h1-6,8-11,21H,7,12-18H2,(H,24,26). The molecule has 26 heavy (non-hydrogen) atoms. The van der Waals surface area contributed by atoms with Crippen LogP contribution in [0.3, 0.4) is 0 Å². The minimum Gasteiger partial charge on any atom is -0.349 e. The van der Waals surface area contributed by atoms with Crippen molar-refractivity contribution in [2.45, 2.75) is 44.7 Å². The van der Waals surface area contributed by atoms with Crippen molar-refractivity contribution in [3.8, 4) is 0 Å². The molecule has 1 heterocycles. The maximum Gasteiger partial charge on any atom is 0.251 e. The molecule has 2 fully saturated rings. The first-order valence-corrected chi connectivity index (χ1v) is 9.87. The average molecular weight is 348 g/mol. The monoisotopic (exact) mass is 348 g/mol. The number of amides is 1. The van der Waals surface area contributed by atoms with Gasteiger partial charge in [-0.05, 0) is 61.9 Å². The number of likely N-dealkylation sites (tertiary alicyclic amines) is 1. The molecule has 2 aromatic rings. The van der Waals surface area contributed by atoms with Crippen LogP contribution in [0.2, 0.25) is 0 Å². The molecule has 0 aromatic heterocycles. The molecule has 1 unspecified atom stereocenters. The van der Waals surface area contributed by atoms with Gasteiger partial charge < -0.3 is 5.32 Å². The second kappa shape index (κ2) is 7.63. The second-order valence-corrected chi connectivity index (χ2v) is 7.91. The number of rotatable bonds is 4. The number of carbonyl (C=O) groups excluding carboxylic acids is 1. The van der Waals surface area contributed by atoms with E-state index in [2.05, 4.69) is 40.5 Å². The molecule has 3 nitrogen and oxygen atoms in total. The van der Waals surface area contributed by atoms with Gasteiger partial charge in [0, 0.05) is 18.2 Å². The Kier molecular flexibility index (Phi) is 5.07. The zero-order valence-electron chi connectivity index (χ0n) is 15.4. The first-order chi connectivity index (χ1) is 12.8. The Bertz CT molecular complexity index is 720. The zero-order chi connectivity index (χ0) is 17.8. The lowest BCUT2D eigenvalue weighted by Crippen LogP contribution is -2.50. The van der Waals surface area contributed by atoms with E-state index in [1.165, 1.54) is 31.2 Å². The molecule has 1 saturated heterocycles. The van der Waals surface area contributed by atoms with Crippen molar-refractivity contribution in [3.63, 3.8) is 0 Å². The molecule has 136 valence electrons. The topological polar surface area (TPSA) is 32.3 Å². The first-order valence-electron chi connectivity index (χ1n) is 9.87. The van der Waals surface area contributed by atoms with E-state index in [1.54, 1.807) is 0 Å². The fourth-order valence-electron chi connectivity index (χ4n) is 4.79. The van der Waals surface area contributed by atoms with E-state index in [1.807, 2.05) is 30.3 Å². The van der Waals surface area contributed by atoms with E-state index in [0.717, 1.165) is 31.6 Å². The van der Waals surface area contributed by atoms with E-state index in [0.29, 0.717) is 11.5 Å². The highest BCUT2D eigenvalue weighted by Crippen LogP contribution is 2.46. The molecule has 1 amide bonds. The Morgan fingerprint density at radius 1 is 0.962 bits per heavy atom. The van der Waals surface area contributed by atoms with Crippen LogP contribution >= 0.6 is 0 Å². The van der Waals surface area contributed by atoms with Crippen LogP contribution in [-0.4, -0.2) is 29.9 Å². The Labute approximate surface area is 156 Å². The molecule has 2 aliphatic rings. The molecule has 1 aliphatic heterocycles. The fraction of sp³-hybridized carbons (Fsp3) is 0.435. The van der Waals surface area contributed by atoms with Crippen LogP contribution in [0.1, 0.15) is 48.0 Å². The van der Waals surface area contributed by atoms with Crippen molar-refractivity contribution in [1.82, 2.24) is 10.2 Å². The predicted molar refractivity (Wildman–Crippen MR) is 105 cm³/mol.